The Kier molecular flexibility index (Phi) is 16.4. The molecule has 0 heteroatoms. The van der Waals surface area contributed by atoms with Crippen LogP contribution in [0.1, 0.15) is 201 Å². The molecule has 0 nitrogen and oxygen atoms in total. The van der Waals surface area contributed by atoms with Crippen LogP contribution in [-0.4, -0.2) is 0 Å². The predicted molar refractivity (Wildman–Crippen MR) is 399 cm³/mol. The maximum atomic E-state index is 2.77. The number of hydrogen-bond donors (Lipinski definition) is 0. The Balaban J connectivity index is 1.02. The van der Waals surface area contributed by atoms with Crippen molar-refractivity contribution >= 4 is 43.1 Å². The summed E-state index contributed by atoms with van der Waals surface area (Å²) >= 11 is 0. The molecule has 0 heterocycles. The lowest BCUT2D eigenvalue weighted by Crippen LogP contribution is -2.29. The molecule has 0 saturated carbocycles. The van der Waals surface area contributed by atoms with Crippen LogP contribution in [0.4, 0.5) is 0 Å². The first-order chi connectivity index (χ1) is 44.6. The molecule has 0 aromatic heterocycles. The molecule has 0 unspecified atom stereocenters. The lowest BCUT2D eigenvalue weighted by molar-refractivity contribution is 0.398. The van der Waals surface area contributed by atoms with E-state index in [9.17, 15) is 0 Å². The van der Waals surface area contributed by atoms with Gasteiger partial charge in [0.25, 0.3) is 0 Å². The van der Waals surface area contributed by atoms with Crippen LogP contribution in [0.2, 0.25) is 0 Å². The molecule has 0 atom stereocenters. The van der Waals surface area contributed by atoms with Crippen molar-refractivity contribution in [2.24, 2.45) is 0 Å². The summed E-state index contributed by atoms with van der Waals surface area (Å²) in [4.78, 5) is 0. The quantitative estimate of drug-likeness (QED) is 0.0559. The first-order valence-electron chi connectivity index (χ1n) is 35.3. The van der Waals surface area contributed by atoms with Gasteiger partial charge in [-0.2, -0.15) is 0 Å². The SMILES string of the molecule is CCCCCCCCC1(CCCCCCCC)c2cc(-c3ccc4c(-c5ccc6ccccc6c5)c5cc(C)ccc5c(-c5ccc6ccccc6c5)c4c3)ccc2-c2cc3c(cc21)-c1ccc(C)cc1C3(c1ccc(C(C)(C)C)cc1)c1ccc(C(C)(C)C)cc1. The zero-order chi connectivity index (χ0) is 63.5. The molecule has 0 fully saturated rings. The molecular weight excluding hydrogens is 1110 g/mol. The minimum atomic E-state index is -0.537. The molecule has 2 aliphatic rings. The third-order valence-corrected chi connectivity index (χ3v) is 21.7. The van der Waals surface area contributed by atoms with Gasteiger partial charge in [0, 0.05) is 5.41 Å². The average molecular weight is 1200 g/mol. The second kappa shape index (κ2) is 24.6. The maximum Gasteiger partial charge on any atom is 0.0713 e. The summed E-state index contributed by atoms with van der Waals surface area (Å²) in [6, 6.07) is 86.9. The van der Waals surface area contributed by atoms with Gasteiger partial charge in [-0.3, -0.25) is 0 Å². The molecule has 0 bridgehead atoms. The van der Waals surface area contributed by atoms with Crippen molar-refractivity contribution in [1.29, 1.82) is 0 Å². The Morgan fingerprint density at radius 1 is 0.293 bits per heavy atom. The number of rotatable bonds is 19. The summed E-state index contributed by atoms with van der Waals surface area (Å²) in [5, 5.41) is 10.2. The van der Waals surface area contributed by atoms with E-state index in [1.54, 1.807) is 5.56 Å². The Morgan fingerprint density at radius 3 is 1.25 bits per heavy atom. The van der Waals surface area contributed by atoms with E-state index in [1.807, 2.05) is 0 Å². The monoisotopic (exact) mass is 1200 g/mol. The molecule has 12 aromatic carbocycles. The van der Waals surface area contributed by atoms with Crippen molar-refractivity contribution in [2.75, 3.05) is 0 Å². The minimum Gasteiger partial charge on any atom is -0.0654 e. The maximum absolute atomic E-state index is 2.77. The summed E-state index contributed by atoms with van der Waals surface area (Å²) in [5.41, 5.74) is 26.6. The van der Waals surface area contributed by atoms with Crippen LogP contribution in [0, 0.1) is 13.8 Å². The average Bonchev–Trinajstić information content (AvgIpc) is 1.49. The zero-order valence-electron chi connectivity index (χ0n) is 56.7. The van der Waals surface area contributed by atoms with E-state index in [1.165, 1.54) is 226 Å². The van der Waals surface area contributed by atoms with Gasteiger partial charge in [0.1, 0.15) is 0 Å². The van der Waals surface area contributed by atoms with Gasteiger partial charge < -0.3 is 0 Å². The van der Waals surface area contributed by atoms with Gasteiger partial charge in [-0.15, -0.1) is 0 Å². The minimum absolute atomic E-state index is 0.0294. The molecule has 462 valence electrons. The van der Waals surface area contributed by atoms with E-state index in [2.05, 4.69) is 288 Å². The van der Waals surface area contributed by atoms with Gasteiger partial charge in [-0.1, -0.05) is 326 Å². The van der Waals surface area contributed by atoms with Gasteiger partial charge in [-0.05, 0) is 217 Å². The van der Waals surface area contributed by atoms with Crippen molar-refractivity contribution in [3.63, 3.8) is 0 Å². The van der Waals surface area contributed by atoms with Gasteiger partial charge in [0.2, 0.25) is 0 Å². The van der Waals surface area contributed by atoms with Crippen LogP contribution in [0.15, 0.2) is 218 Å². The second-order valence-corrected chi connectivity index (χ2v) is 30.0. The fourth-order valence-corrected chi connectivity index (χ4v) is 16.7. The highest BCUT2D eigenvalue weighted by Gasteiger charge is 2.50. The second-order valence-electron chi connectivity index (χ2n) is 30.0. The Bertz CT molecular complexity index is 4660. The molecule has 2 aliphatic carbocycles. The molecular formula is C92H94. The van der Waals surface area contributed by atoms with Crippen LogP contribution >= 0.6 is 0 Å². The Labute approximate surface area is 550 Å². The zero-order valence-corrected chi connectivity index (χ0v) is 56.7. The highest BCUT2D eigenvalue weighted by atomic mass is 14.5. The first kappa shape index (κ1) is 61.2. The van der Waals surface area contributed by atoms with E-state index < -0.39 is 5.41 Å². The number of fused-ring (bicyclic) bond motifs is 10. The third-order valence-electron chi connectivity index (χ3n) is 21.7. The van der Waals surface area contributed by atoms with E-state index in [-0.39, 0.29) is 16.2 Å². The molecule has 0 spiro atoms. The molecule has 0 saturated heterocycles. The van der Waals surface area contributed by atoms with Crippen molar-refractivity contribution in [1.82, 2.24) is 0 Å². The summed E-state index contributed by atoms with van der Waals surface area (Å²) in [6.45, 7) is 23.3. The summed E-state index contributed by atoms with van der Waals surface area (Å²) in [6.07, 6.45) is 17.7. The van der Waals surface area contributed by atoms with Crippen molar-refractivity contribution in [3.8, 4) is 55.6 Å². The number of hydrogen-bond acceptors (Lipinski definition) is 0. The van der Waals surface area contributed by atoms with Gasteiger partial charge >= 0.3 is 0 Å². The van der Waals surface area contributed by atoms with E-state index >= 15 is 0 Å². The first-order valence-corrected chi connectivity index (χ1v) is 35.3. The van der Waals surface area contributed by atoms with Gasteiger partial charge in [0.05, 0.1) is 5.41 Å². The van der Waals surface area contributed by atoms with Crippen LogP contribution in [0.3, 0.4) is 0 Å². The fourth-order valence-electron chi connectivity index (χ4n) is 16.7. The van der Waals surface area contributed by atoms with Crippen LogP contribution in [0.25, 0.3) is 98.7 Å². The van der Waals surface area contributed by atoms with Crippen LogP contribution in [-0.2, 0) is 21.7 Å². The topological polar surface area (TPSA) is 0 Å². The van der Waals surface area contributed by atoms with E-state index in [0.717, 1.165) is 12.8 Å². The summed E-state index contributed by atoms with van der Waals surface area (Å²) < 4.78 is 0. The molecule has 0 aliphatic heterocycles. The van der Waals surface area contributed by atoms with Crippen LogP contribution in [0.5, 0.6) is 0 Å². The predicted octanol–water partition coefficient (Wildman–Crippen LogP) is 26.6. The van der Waals surface area contributed by atoms with Crippen molar-refractivity contribution < 1.29 is 0 Å². The Hall–Kier alpha value is -8.32. The van der Waals surface area contributed by atoms with Gasteiger partial charge in [0.15, 0.2) is 0 Å². The lowest BCUT2D eigenvalue weighted by atomic mass is 9.66. The number of aryl methyl sites for hydroxylation is 2. The molecule has 14 rings (SSSR count). The van der Waals surface area contributed by atoms with Crippen molar-refractivity contribution in [3.05, 3.63) is 274 Å². The largest absolute Gasteiger partial charge is 0.0713 e. The normalized spacial score (nSPS) is 13.9. The lowest BCUT2D eigenvalue weighted by Gasteiger charge is -2.36. The summed E-state index contributed by atoms with van der Waals surface area (Å²) in [7, 11) is 0. The van der Waals surface area contributed by atoms with Crippen molar-refractivity contribution in [2.45, 2.75) is 181 Å². The number of unbranched alkanes of at least 4 members (excludes halogenated alkanes) is 10. The van der Waals surface area contributed by atoms with Gasteiger partial charge in [-0.25, -0.2) is 0 Å². The third kappa shape index (κ3) is 10.8. The smallest absolute Gasteiger partial charge is 0.0654 e. The molecule has 12 aromatic rings. The highest BCUT2D eigenvalue weighted by molar-refractivity contribution is 6.23. The van der Waals surface area contributed by atoms with Crippen LogP contribution < -0.4 is 0 Å². The molecule has 0 N–H and O–H groups in total. The molecule has 0 radical (unpaired) electrons. The fraction of sp³-hybridized carbons (Fsp3) is 0.304. The molecule has 92 heavy (non-hydrogen) atoms. The highest BCUT2D eigenvalue weighted by Crippen LogP contribution is 2.63. The molecule has 0 amide bonds. The Morgan fingerprint density at radius 2 is 0.696 bits per heavy atom. The summed E-state index contributed by atoms with van der Waals surface area (Å²) in [5.74, 6) is 0. The number of benzene rings is 12. The van der Waals surface area contributed by atoms with E-state index in [0.29, 0.717) is 0 Å². The standard InChI is InChI=1S/C92H94/c1-11-13-15-17-19-25-51-91(52-26-20-18-16-14-12-2)83-58-68(67-38-50-78-82(57-67)88(70-36-34-64-28-22-24-30-66(64)56-70)77-48-32-61(3)53-81(77)87(78)69-35-33-63-27-21-23-29-65(63)55-69)37-49-75(83)79-60-86-80(59-84(79)91)76-47-31-62(4)54-85(76)92(86,73-43-39-71(40-44-73)89(5,6)7)74-45-41-72(42-46-74)90(8,9)10/h21-24,27-50,53-60H,11-20,25-26,51-52H2,1-10H3. The van der Waals surface area contributed by atoms with E-state index in [4.69, 9.17) is 0 Å².